The number of hydrogen-bond donors (Lipinski definition) is 2. The lowest BCUT2D eigenvalue weighted by Crippen LogP contribution is -2.34. The Hall–Kier alpha value is -3.62. The molecule has 0 fully saturated rings. The minimum atomic E-state index is -0.542. The monoisotopic (exact) mass is 458 g/mol. The first-order chi connectivity index (χ1) is 15.7. The fourth-order valence-electron chi connectivity index (χ4n) is 3.27. The molecule has 0 aromatic heterocycles. The van der Waals surface area contributed by atoms with Gasteiger partial charge in [-0.1, -0.05) is 6.92 Å². The third-order valence-electron chi connectivity index (χ3n) is 4.75. The molecule has 2 aromatic carbocycles. The van der Waals surface area contributed by atoms with Crippen LogP contribution in [0.3, 0.4) is 0 Å². The number of nitrogens with one attached hydrogen (secondary N) is 2. The number of rotatable bonds is 10. The quantitative estimate of drug-likeness (QED) is 0.531. The van der Waals surface area contributed by atoms with E-state index in [-0.39, 0.29) is 19.1 Å². The second-order valence-electron chi connectivity index (χ2n) is 7.58. The molecular formula is C24H31FN4O4. The van der Waals surface area contributed by atoms with Crippen LogP contribution in [0.4, 0.5) is 20.6 Å². The first-order valence-corrected chi connectivity index (χ1v) is 10.8. The van der Waals surface area contributed by atoms with E-state index in [0.29, 0.717) is 24.3 Å². The van der Waals surface area contributed by atoms with E-state index >= 15 is 0 Å². The van der Waals surface area contributed by atoms with Gasteiger partial charge in [0, 0.05) is 44.1 Å². The third-order valence-corrected chi connectivity index (χ3v) is 4.75. The maximum atomic E-state index is 13.3. The van der Waals surface area contributed by atoms with Crippen LogP contribution in [0, 0.1) is 5.82 Å². The van der Waals surface area contributed by atoms with Crippen LogP contribution in [0.2, 0.25) is 0 Å². The normalized spacial score (nSPS) is 10.3. The fraction of sp³-hybridized carbons (Fsp3) is 0.375. The number of amides is 3. The summed E-state index contributed by atoms with van der Waals surface area (Å²) in [7, 11) is 3.79. The van der Waals surface area contributed by atoms with E-state index in [1.807, 2.05) is 32.0 Å². The molecule has 3 amide bonds. The van der Waals surface area contributed by atoms with Gasteiger partial charge in [0.15, 0.2) is 0 Å². The molecule has 0 saturated heterocycles. The fourth-order valence-corrected chi connectivity index (χ4v) is 3.27. The van der Waals surface area contributed by atoms with Crippen LogP contribution in [0.15, 0.2) is 42.5 Å². The summed E-state index contributed by atoms with van der Waals surface area (Å²) < 4.78 is 18.1. The lowest BCUT2D eigenvalue weighted by Gasteiger charge is -2.26. The van der Waals surface area contributed by atoms with Gasteiger partial charge in [0.1, 0.15) is 12.4 Å². The van der Waals surface area contributed by atoms with Crippen LogP contribution in [0.1, 0.15) is 36.2 Å². The molecule has 0 spiro atoms. The highest BCUT2D eigenvalue weighted by atomic mass is 19.1. The Morgan fingerprint density at radius 3 is 2.33 bits per heavy atom. The number of ether oxygens (including phenoxy) is 1. The van der Waals surface area contributed by atoms with Crippen molar-refractivity contribution in [2.75, 3.05) is 44.0 Å². The molecule has 33 heavy (non-hydrogen) atoms. The molecule has 0 saturated carbocycles. The maximum Gasteiger partial charge on any atom is 0.325 e. The Labute approximate surface area is 193 Å². The van der Waals surface area contributed by atoms with Crippen molar-refractivity contribution in [3.8, 4) is 0 Å². The Bertz CT molecular complexity index is 963. The molecule has 9 heteroatoms. The molecule has 0 heterocycles. The predicted octanol–water partition coefficient (Wildman–Crippen LogP) is 3.63. The highest BCUT2D eigenvalue weighted by Crippen LogP contribution is 2.25. The average Bonchev–Trinajstić information content (AvgIpc) is 2.77. The number of hydrogen-bond acceptors (Lipinski definition) is 5. The number of halogens is 1. The summed E-state index contributed by atoms with van der Waals surface area (Å²) in [5.41, 5.74) is 2.64. The number of anilines is 2. The van der Waals surface area contributed by atoms with Crippen molar-refractivity contribution in [1.29, 1.82) is 0 Å². The second-order valence-corrected chi connectivity index (χ2v) is 7.58. The maximum absolute atomic E-state index is 13.3. The molecule has 0 aliphatic carbocycles. The van der Waals surface area contributed by atoms with E-state index in [9.17, 15) is 18.8 Å². The SMILES string of the molecule is CCCN(Cc1cc(NC(=O)NCC(=O)OCC)ccc1N(C)C)C(=O)c1ccc(F)cc1. The highest BCUT2D eigenvalue weighted by molar-refractivity contribution is 5.94. The van der Waals surface area contributed by atoms with Gasteiger partial charge in [-0.15, -0.1) is 0 Å². The average molecular weight is 459 g/mol. The van der Waals surface area contributed by atoms with Crippen LogP contribution >= 0.6 is 0 Å². The van der Waals surface area contributed by atoms with Gasteiger partial charge in [-0.25, -0.2) is 9.18 Å². The highest BCUT2D eigenvalue weighted by Gasteiger charge is 2.18. The van der Waals surface area contributed by atoms with Crippen LogP contribution in [0.5, 0.6) is 0 Å². The summed E-state index contributed by atoms with van der Waals surface area (Å²) >= 11 is 0. The van der Waals surface area contributed by atoms with E-state index in [2.05, 4.69) is 10.6 Å². The van der Waals surface area contributed by atoms with Gasteiger partial charge in [-0.05, 0) is 61.4 Å². The van der Waals surface area contributed by atoms with E-state index in [1.165, 1.54) is 24.3 Å². The summed E-state index contributed by atoms with van der Waals surface area (Å²) in [6, 6.07) is 10.3. The molecule has 0 aliphatic rings. The predicted molar refractivity (Wildman–Crippen MR) is 126 cm³/mol. The second kappa shape index (κ2) is 12.4. The largest absolute Gasteiger partial charge is 0.465 e. The summed E-state index contributed by atoms with van der Waals surface area (Å²) in [4.78, 5) is 40.3. The molecule has 2 rings (SSSR count). The Kier molecular flexibility index (Phi) is 9.65. The topological polar surface area (TPSA) is 91.0 Å². The molecular weight excluding hydrogens is 427 g/mol. The molecule has 0 atom stereocenters. The number of carbonyl (C=O) groups excluding carboxylic acids is 3. The van der Waals surface area contributed by atoms with E-state index in [0.717, 1.165) is 17.7 Å². The van der Waals surface area contributed by atoms with E-state index < -0.39 is 17.8 Å². The van der Waals surface area contributed by atoms with Crippen molar-refractivity contribution >= 4 is 29.3 Å². The zero-order valence-electron chi connectivity index (χ0n) is 19.5. The summed E-state index contributed by atoms with van der Waals surface area (Å²) in [6.45, 7) is 4.48. The number of carbonyl (C=O) groups is 3. The van der Waals surface area contributed by atoms with Crippen molar-refractivity contribution < 1.29 is 23.5 Å². The Balaban J connectivity index is 2.21. The minimum absolute atomic E-state index is 0.202. The lowest BCUT2D eigenvalue weighted by molar-refractivity contribution is -0.141. The van der Waals surface area contributed by atoms with Crippen molar-refractivity contribution in [2.45, 2.75) is 26.8 Å². The minimum Gasteiger partial charge on any atom is -0.465 e. The number of urea groups is 1. The first-order valence-electron chi connectivity index (χ1n) is 10.8. The van der Waals surface area contributed by atoms with Crippen LogP contribution in [-0.4, -0.2) is 56.6 Å². The van der Waals surface area contributed by atoms with Gasteiger partial charge in [-0.2, -0.15) is 0 Å². The van der Waals surface area contributed by atoms with E-state index in [1.54, 1.807) is 24.0 Å². The number of benzene rings is 2. The van der Waals surface area contributed by atoms with Gasteiger partial charge >= 0.3 is 12.0 Å². The Morgan fingerprint density at radius 1 is 1.03 bits per heavy atom. The van der Waals surface area contributed by atoms with Crippen LogP contribution in [-0.2, 0) is 16.1 Å². The van der Waals surface area contributed by atoms with Crippen LogP contribution in [0.25, 0.3) is 0 Å². The van der Waals surface area contributed by atoms with Gasteiger partial charge in [0.25, 0.3) is 5.91 Å². The molecule has 0 unspecified atom stereocenters. The zero-order chi connectivity index (χ0) is 24.4. The molecule has 2 aromatic rings. The Morgan fingerprint density at radius 2 is 1.73 bits per heavy atom. The van der Waals surface area contributed by atoms with Crippen molar-refractivity contribution in [2.24, 2.45) is 0 Å². The van der Waals surface area contributed by atoms with Gasteiger partial charge in [0.2, 0.25) is 0 Å². The van der Waals surface area contributed by atoms with Crippen molar-refractivity contribution in [3.63, 3.8) is 0 Å². The molecule has 178 valence electrons. The third kappa shape index (κ3) is 7.78. The molecule has 0 aliphatic heterocycles. The molecule has 0 bridgehead atoms. The summed E-state index contributed by atoms with van der Waals surface area (Å²) in [5, 5.41) is 5.14. The number of esters is 1. The standard InChI is InChI=1S/C24H31FN4O4/c1-5-13-29(23(31)17-7-9-19(25)10-8-17)16-18-14-20(11-12-21(18)28(3)4)27-24(32)26-15-22(30)33-6-2/h7-12,14H,5-6,13,15-16H2,1-4H3,(H2,26,27,32). The van der Waals surface area contributed by atoms with Gasteiger partial charge in [-0.3, -0.25) is 9.59 Å². The first kappa shape index (κ1) is 25.6. The summed E-state index contributed by atoms with van der Waals surface area (Å²) in [6.07, 6.45) is 0.748. The smallest absolute Gasteiger partial charge is 0.325 e. The molecule has 0 radical (unpaired) electrons. The zero-order valence-corrected chi connectivity index (χ0v) is 19.5. The molecule has 8 nitrogen and oxygen atoms in total. The van der Waals surface area contributed by atoms with Crippen molar-refractivity contribution in [3.05, 3.63) is 59.4 Å². The van der Waals surface area contributed by atoms with Gasteiger partial charge < -0.3 is 25.2 Å². The van der Waals surface area contributed by atoms with Crippen LogP contribution < -0.4 is 15.5 Å². The number of nitrogens with zero attached hydrogens (tertiary/aromatic N) is 2. The molecule has 2 N–H and O–H groups in total. The lowest BCUT2D eigenvalue weighted by atomic mass is 10.1. The summed E-state index contributed by atoms with van der Waals surface area (Å²) in [5.74, 6) is -1.12. The van der Waals surface area contributed by atoms with Gasteiger partial charge in [0.05, 0.1) is 6.61 Å². The van der Waals surface area contributed by atoms with E-state index in [4.69, 9.17) is 4.74 Å². The van der Waals surface area contributed by atoms with Crippen molar-refractivity contribution in [1.82, 2.24) is 10.2 Å².